The summed E-state index contributed by atoms with van der Waals surface area (Å²) in [6.45, 7) is 0. The Bertz CT molecular complexity index is 395. The van der Waals surface area contributed by atoms with Crippen LogP contribution in [0.2, 0.25) is 0 Å². The van der Waals surface area contributed by atoms with Crippen molar-refractivity contribution < 1.29 is 14.3 Å². The third kappa shape index (κ3) is 2.04. The van der Waals surface area contributed by atoms with Gasteiger partial charge in [-0.15, -0.1) is 11.6 Å². The number of hydrogen-bond donors (Lipinski definition) is 1. The molecule has 0 aromatic carbocycles. The highest BCUT2D eigenvalue weighted by Crippen LogP contribution is 2.60. The first-order valence-electron chi connectivity index (χ1n) is 7.02. The number of esters is 1. The summed E-state index contributed by atoms with van der Waals surface area (Å²) < 4.78 is 5.03. The Morgan fingerprint density at radius 3 is 2.42 bits per heavy atom. The molecule has 4 saturated carbocycles. The molecule has 1 N–H and O–H groups in total. The van der Waals surface area contributed by atoms with Gasteiger partial charge in [0.15, 0.2) is 0 Å². The minimum absolute atomic E-state index is 0.0154. The maximum absolute atomic E-state index is 12.1. The van der Waals surface area contributed by atoms with E-state index in [-0.39, 0.29) is 29.2 Å². The SMILES string of the molecule is COC(=O)C12CC3CC(C1)C(NC(=O)CCl)C(C3)C2. The predicted molar refractivity (Wildman–Crippen MR) is 70.7 cm³/mol. The molecule has 4 rings (SSSR count). The van der Waals surface area contributed by atoms with E-state index in [0.29, 0.717) is 17.8 Å². The maximum atomic E-state index is 12.1. The molecular weight excluding hydrogens is 266 g/mol. The molecule has 106 valence electrons. The Kier molecular flexibility index (Phi) is 3.24. The molecule has 1 amide bonds. The minimum Gasteiger partial charge on any atom is -0.469 e. The van der Waals surface area contributed by atoms with Crippen LogP contribution < -0.4 is 5.32 Å². The lowest BCUT2D eigenvalue weighted by molar-refractivity contribution is -0.171. The van der Waals surface area contributed by atoms with Gasteiger partial charge in [-0.05, 0) is 49.9 Å². The van der Waals surface area contributed by atoms with Crippen molar-refractivity contribution in [1.29, 1.82) is 0 Å². The van der Waals surface area contributed by atoms with Crippen molar-refractivity contribution in [2.24, 2.45) is 23.2 Å². The van der Waals surface area contributed by atoms with Gasteiger partial charge in [0.05, 0.1) is 12.5 Å². The van der Waals surface area contributed by atoms with Gasteiger partial charge in [0.1, 0.15) is 5.88 Å². The van der Waals surface area contributed by atoms with Crippen LogP contribution in [0.25, 0.3) is 0 Å². The Morgan fingerprint density at radius 1 is 1.26 bits per heavy atom. The normalized spacial score (nSPS) is 43.1. The van der Waals surface area contributed by atoms with E-state index in [2.05, 4.69) is 5.32 Å². The molecule has 0 aromatic rings. The van der Waals surface area contributed by atoms with Gasteiger partial charge >= 0.3 is 5.97 Å². The average Bonchev–Trinajstić information content (AvgIpc) is 2.40. The molecule has 4 nitrogen and oxygen atoms in total. The van der Waals surface area contributed by atoms with Crippen molar-refractivity contribution in [2.75, 3.05) is 13.0 Å². The van der Waals surface area contributed by atoms with Gasteiger partial charge in [0.2, 0.25) is 5.91 Å². The van der Waals surface area contributed by atoms with E-state index < -0.39 is 0 Å². The quantitative estimate of drug-likeness (QED) is 0.634. The monoisotopic (exact) mass is 285 g/mol. The van der Waals surface area contributed by atoms with Gasteiger partial charge in [0, 0.05) is 6.04 Å². The second-order valence-corrected chi connectivity index (χ2v) is 6.74. The van der Waals surface area contributed by atoms with Gasteiger partial charge < -0.3 is 10.1 Å². The summed E-state index contributed by atoms with van der Waals surface area (Å²) in [5.74, 6) is 1.33. The Balaban J connectivity index is 1.80. The zero-order chi connectivity index (χ0) is 13.6. The lowest BCUT2D eigenvalue weighted by atomic mass is 9.48. The molecule has 4 aliphatic carbocycles. The smallest absolute Gasteiger partial charge is 0.311 e. The van der Waals surface area contributed by atoms with E-state index in [0.717, 1.165) is 32.1 Å². The zero-order valence-electron chi connectivity index (χ0n) is 11.2. The fourth-order valence-electron chi connectivity index (χ4n) is 4.95. The number of methoxy groups -OCH3 is 1. The molecule has 2 unspecified atom stereocenters. The van der Waals surface area contributed by atoms with Crippen LogP contribution in [-0.2, 0) is 14.3 Å². The van der Waals surface area contributed by atoms with Crippen molar-refractivity contribution in [1.82, 2.24) is 5.32 Å². The van der Waals surface area contributed by atoms with Gasteiger partial charge in [-0.2, -0.15) is 0 Å². The number of halogens is 1. The van der Waals surface area contributed by atoms with Gasteiger partial charge in [-0.3, -0.25) is 9.59 Å². The predicted octanol–water partition coefficient (Wildman–Crippen LogP) is 1.71. The Hall–Kier alpha value is -0.770. The molecule has 4 bridgehead atoms. The number of carbonyl (C=O) groups is 2. The molecule has 0 aromatic heterocycles. The number of alkyl halides is 1. The van der Waals surface area contributed by atoms with Crippen LogP contribution in [0.4, 0.5) is 0 Å². The molecule has 4 aliphatic rings. The van der Waals surface area contributed by atoms with E-state index in [4.69, 9.17) is 16.3 Å². The molecular formula is C14H20ClNO3. The lowest BCUT2D eigenvalue weighted by Crippen LogP contribution is -2.61. The molecule has 0 heterocycles. The summed E-state index contributed by atoms with van der Waals surface area (Å²) in [4.78, 5) is 23.7. The molecule has 4 fully saturated rings. The van der Waals surface area contributed by atoms with Crippen molar-refractivity contribution in [3.05, 3.63) is 0 Å². The third-order valence-electron chi connectivity index (χ3n) is 5.34. The molecule has 2 atom stereocenters. The first-order chi connectivity index (χ1) is 9.08. The second-order valence-electron chi connectivity index (χ2n) is 6.47. The van der Waals surface area contributed by atoms with Gasteiger partial charge in [-0.25, -0.2) is 0 Å². The van der Waals surface area contributed by atoms with Crippen LogP contribution in [0, 0.1) is 23.2 Å². The molecule has 0 aliphatic heterocycles. The highest BCUT2D eigenvalue weighted by Gasteiger charge is 2.59. The van der Waals surface area contributed by atoms with Gasteiger partial charge in [-0.1, -0.05) is 0 Å². The largest absolute Gasteiger partial charge is 0.469 e. The lowest BCUT2D eigenvalue weighted by Gasteiger charge is -2.58. The third-order valence-corrected chi connectivity index (χ3v) is 5.58. The van der Waals surface area contributed by atoms with Crippen molar-refractivity contribution in [3.8, 4) is 0 Å². The first-order valence-corrected chi connectivity index (χ1v) is 7.55. The summed E-state index contributed by atoms with van der Waals surface area (Å²) >= 11 is 5.58. The summed E-state index contributed by atoms with van der Waals surface area (Å²) in [6, 6.07) is 0.209. The fourth-order valence-corrected chi connectivity index (χ4v) is 5.03. The van der Waals surface area contributed by atoms with E-state index >= 15 is 0 Å². The summed E-state index contributed by atoms with van der Waals surface area (Å²) in [6.07, 6.45) is 4.95. The van der Waals surface area contributed by atoms with Gasteiger partial charge in [0.25, 0.3) is 0 Å². The standard InChI is InChI=1S/C14H20ClNO3/c1-19-13(18)14-4-8-2-9(5-14)12(10(3-8)6-14)16-11(17)7-15/h8-10,12H,2-7H2,1H3,(H,16,17). The molecule has 5 heteroatoms. The van der Waals surface area contributed by atoms with Crippen LogP contribution in [-0.4, -0.2) is 30.9 Å². The van der Waals surface area contributed by atoms with E-state index in [1.54, 1.807) is 0 Å². The number of carbonyl (C=O) groups excluding carboxylic acids is 2. The summed E-state index contributed by atoms with van der Waals surface area (Å²) in [7, 11) is 1.48. The van der Waals surface area contributed by atoms with Crippen LogP contribution in [0.15, 0.2) is 0 Å². The molecule has 0 radical (unpaired) electrons. The van der Waals surface area contributed by atoms with E-state index in [9.17, 15) is 9.59 Å². The highest BCUT2D eigenvalue weighted by atomic mass is 35.5. The Labute approximate surface area is 118 Å². The average molecular weight is 286 g/mol. The van der Waals surface area contributed by atoms with E-state index in [1.807, 2.05) is 0 Å². The first kappa shape index (κ1) is 13.2. The van der Waals surface area contributed by atoms with Crippen LogP contribution >= 0.6 is 11.6 Å². The second kappa shape index (κ2) is 4.65. The highest BCUT2D eigenvalue weighted by molar-refractivity contribution is 6.27. The molecule has 0 saturated heterocycles. The van der Waals surface area contributed by atoms with Crippen LogP contribution in [0.3, 0.4) is 0 Å². The summed E-state index contributed by atoms with van der Waals surface area (Å²) in [5, 5.41) is 3.06. The Morgan fingerprint density at radius 2 is 1.89 bits per heavy atom. The minimum atomic E-state index is -0.270. The van der Waals surface area contributed by atoms with Crippen molar-refractivity contribution in [3.63, 3.8) is 0 Å². The molecule has 0 spiro atoms. The van der Waals surface area contributed by atoms with Crippen LogP contribution in [0.5, 0.6) is 0 Å². The van der Waals surface area contributed by atoms with E-state index in [1.165, 1.54) is 7.11 Å². The number of amides is 1. The summed E-state index contributed by atoms with van der Waals surface area (Å²) in [5.41, 5.74) is -0.270. The molecule has 19 heavy (non-hydrogen) atoms. The number of ether oxygens (including phenoxy) is 1. The van der Waals surface area contributed by atoms with Crippen molar-refractivity contribution in [2.45, 2.75) is 38.1 Å². The topological polar surface area (TPSA) is 55.4 Å². The number of hydrogen-bond acceptors (Lipinski definition) is 3. The maximum Gasteiger partial charge on any atom is 0.311 e. The van der Waals surface area contributed by atoms with Crippen molar-refractivity contribution >= 4 is 23.5 Å². The number of rotatable bonds is 3. The van der Waals surface area contributed by atoms with Crippen LogP contribution in [0.1, 0.15) is 32.1 Å². The zero-order valence-corrected chi connectivity index (χ0v) is 11.9. The fraction of sp³-hybridized carbons (Fsp3) is 0.857. The number of nitrogens with one attached hydrogen (secondary N) is 1.